The second-order valence-electron chi connectivity index (χ2n) is 5.49. The molecule has 7 nitrogen and oxygen atoms in total. The molecule has 2 rings (SSSR count). The number of ether oxygens (including phenoxy) is 1. The van der Waals surface area contributed by atoms with E-state index >= 15 is 0 Å². The minimum absolute atomic E-state index is 0.171. The first kappa shape index (κ1) is 19.3. The lowest BCUT2D eigenvalue weighted by atomic mass is 10.2. The van der Waals surface area contributed by atoms with Crippen LogP contribution in [-0.4, -0.2) is 34.2 Å². The van der Waals surface area contributed by atoms with Gasteiger partial charge in [0.1, 0.15) is 18.4 Å². The Hall–Kier alpha value is -3.05. The maximum atomic E-state index is 12.3. The quantitative estimate of drug-likeness (QED) is 0.795. The average Bonchev–Trinajstić information content (AvgIpc) is 2.63. The Bertz CT molecular complexity index is 935. The molecule has 0 fully saturated rings. The number of hydrogen-bond donors (Lipinski definition) is 1. The van der Waals surface area contributed by atoms with Crippen LogP contribution in [0.5, 0.6) is 5.75 Å². The molecule has 0 aliphatic rings. The van der Waals surface area contributed by atoms with Crippen molar-refractivity contribution in [3.8, 4) is 11.8 Å². The molecule has 0 unspecified atom stereocenters. The van der Waals surface area contributed by atoms with Crippen LogP contribution in [0, 0.1) is 11.3 Å². The lowest BCUT2D eigenvalue weighted by molar-refractivity contribution is -0.119. The Morgan fingerprint density at radius 1 is 1.19 bits per heavy atom. The predicted molar refractivity (Wildman–Crippen MR) is 98.2 cm³/mol. The average molecular weight is 373 g/mol. The van der Waals surface area contributed by atoms with Gasteiger partial charge in [0.25, 0.3) is 0 Å². The van der Waals surface area contributed by atoms with E-state index < -0.39 is 22.5 Å². The minimum Gasteiger partial charge on any atom is -0.496 e. The maximum absolute atomic E-state index is 12.3. The zero-order valence-corrected chi connectivity index (χ0v) is 15.3. The summed E-state index contributed by atoms with van der Waals surface area (Å²) in [5, 5.41) is 11.9. The number of anilines is 1. The molecule has 0 spiro atoms. The van der Waals surface area contributed by atoms with Crippen molar-refractivity contribution in [2.75, 3.05) is 24.2 Å². The van der Waals surface area contributed by atoms with Crippen molar-refractivity contribution in [2.45, 2.75) is 6.54 Å². The molecular weight excluding hydrogens is 354 g/mol. The lowest BCUT2D eigenvalue weighted by Gasteiger charge is -2.22. The summed E-state index contributed by atoms with van der Waals surface area (Å²) in [6.45, 7) is -0.229. The summed E-state index contributed by atoms with van der Waals surface area (Å²) in [5.74, 6) is 0.136. The number of nitriles is 1. The number of amides is 1. The van der Waals surface area contributed by atoms with E-state index in [4.69, 9.17) is 4.74 Å². The van der Waals surface area contributed by atoms with E-state index in [1.54, 1.807) is 24.3 Å². The van der Waals surface area contributed by atoms with E-state index in [0.717, 1.165) is 16.1 Å². The summed E-state index contributed by atoms with van der Waals surface area (Å²) < 4.78 is 30.4. The van der Waals surface area contributed by atoms with Crippen LogP contribution in [0.2, 0.25) is 0 Å². The van der Waals surface area contributed by atoms with E-state index in [-0.39, 0.29) is 17.8 Å². The maximum Gasteiger partial charge on any atom is 0.241 e. The molecule has 26 heavy (non-hydrogen) atoms. The highest BCUT2D eigenvalue weighted by Crippen LogP contribution is 2.22. The van der Waals surface area contributed by atoms with Crippen molar-refractivity contribution in [1.29, 1.82) is 5.26 Å². The first-order chi connectivity index (χ1) is 12.4. The highest BCUT2D eigenvalue weighted by atomic mass is 32.2. The van der Waals surface area contributed by atoms with Crippen molar-refractivity contribution < 1.29 is 17.9 Å². The summed E-state index contributed by atoms with van der Waals surface area (Å²) >= 11 is 0. The van der Waals surface area contributed by atoms with Crippen LogP contribution in [0.15, 0.2) is 48.5 Å². The van der Waals surface area contributed by atoms with Crippen LogP contribution >= 0.6 is 0 Å². The molecule has 0 aliphatic carbocycles. The molecule has 0 atom stereocenters. The van der Waals surface area contributed by atoms with Gasteiger partial charge >= 0.3 is 0 Å². The number of nitrogens with one attached hydrogen (secondary N) is 1. The fraction of sp³-hybridized carbons (Fsp3) is 0.222. The lowest BCUT2D eigenvalue weighted by Crippen LogP contribution is -2.40. The minimum atomic E-state index is -3.74. The summed E-state index contributed by atoms with van der Waals surface area (Å²) in [4.78, 5) is 12.3. The van der Waals surface area contributed by atoms with Crippen LogP contribution in [0.1, 0.15) is 11.1 Å². The number of hydrogen-bond acceptors (Lipinski definition) is 5. The predicted octanol–water partition coefficient (Wildman–Crippen LogP) is 1.65. The molecule has 0 aromatic heterocycles. The van der Waals surface area contributed by atoms with Crippen LogP contribution in [0.3, 0.4) is 0 Å². The molecule has 2 aromatic rings. The van der Waals surface area contributed by atoms with Crippen LogP contribution in [0.25, 0.3) is 0 Å². The van der Waals surface area contributed by atoms with Crippen LogP contribution in [-0.2, 0) is 21.4 Å². The van der Waals surface area contributed by atoms with Crippen molar-refractivity contribution in [3.05, 3.63) is 59.7 Å². The van der Waals surface area contributed by atoms with Gasteiger partial charge in [-0.15, -0.1) is 0 Å². The highest BCUT2D eigenvalue weighted by molar-refractivity contribution is 7.92. The first-order valence-corrected chi connectivity index (χ1v) is 9.57. The Morgan fingerprint density at radius 2 is 1.85 bits per heavy atom. The van der Waals surface area contributed by atoms with Gasteiger partial charge in [-0.1, -0.05) is 30.3 Å². The van der Waals surface area contributed by atoms with Crippen molar-refractivity contribution in [1.82, 2.24) is 5.32 Å². The molecule has 0 aliphatic heterocycles. The molecule has 136 valence electrons. The third-order valence-corrected chi connectivity index (χ3v) is 4.78. The number of carbonyl (C=O) groups excluding carboxylic acids is 1. The van der Waals surface area contributed by atoms with E-state index in [1.165, 1.54) is 19.2 Å². The monoisotopic (exact) mass is 373 g/mol. The molecule has 8 heteroatoms. The molecule has 0 bridgehead atoms. The van der Waals surface area contributed by atoms with Crippen LogP contribution < -0.4 is 14.4 Å². The second kappa shape index (κ2) is 8.36. The first-order valence-electron chi connectivity index (χ1n) is 7.72. The molecule has 0 saturated heterocycles. The van der Waals surface area contributed by atoms with Crippen LogP contribution in [0.4, 0.5) is 5.69 Å². The fourth-order valence-corrected chi connectivity index (χ4v) is 3.26. The zero-order chi connectivity index (χ0) is 19.2. The van der Waals surface area contributed by atoms with E-state index in [1.807, 2.05) is 18.2 Å². The molecule has 1 amide bonds. The van der Waals surface area contributed by atoms with E-state index in [2.05, 4.69) is 5.32 Å². The summed E-state index contributed by atoms with van der Waals surface area (Å²) in [6.07, 6.45) is 0.995. The summed E-state index contributed by atoms with van der Waals surface area (Å²) in [7, 11) is -2.21. The van der Waals surface area contributed by atoms with Gasteiger partial charge in [-0.05, 0) is 18.2 Å². The van der Waals surface area contributed by atoms with Gasteiger partial charge in [0.15, 0.2) is 0 Å². The van der Waals surface area contributed by atoms with Gasteiger partial charge in [0, 0.05) is 12.1 Å². The van der Waals surface area contributed by atoms with Crippen molar-refractivity contribution in [3.63, 3.8) is 0 Å². The van der Waals surface area contributed by atoms with Gasteiger partial charge in [0.2, 0.25) is 15.9 Å². The molecule has 2 aromatic carbocycles. The number of methoxy groups -OCH3 is 1. The zero-order valence-electron chi connectivity index (χ0n) is 14.5. The normalized spacial score (nSPS) is 10.7. The fourth-order valence-electron chi connectivity index (χ4n) is 2.40. The number of rotatable bonds is 7. The molecule has 0 saturated carbocycles. The van der Waals surface area contributed by atoms with Crippen molar-refractivity contribution >= 4 is 21.6 Å². The SMILES string of the molecule is COc1ccccc1CNC(=O)CN(c1ccccc1C#N)S(C)(=O)=O. The van der Waals surface area contributed by atoms with Crippen molar-refractivity contribution in [2.24, 2.45) is 0 Å². The number of benzene rings is 2. The smallest absolute Gasteiger partial charge is 0.241 e. The third-order valence-electron chi connectivity index (χ3n) is 3.65. The van der Waals surface area contributed by atoms with Gasteiger partial charge in [-0.25, -0.2) is 8.42 Å². The Balaban J connectivity index is 2.17. The standard InChI is InChI=1S/C18H19N3O4S/c1-25-17-10-6-4-8-15(17)12-20-18(22)13-21(26(2,23)24)16-9-5-3-7-14(16)11-19/h3-10H,12-13H2,1-2H3,(H,20,22). The summed E-state index contributed by atoms with van der Waals surface area (Å²) in [6, 6.07) is 15.4. The highest BCUT2D eigenvalue weighted by Gasteiger charge is 2.23. The second-order valence-corrected chi connectivity index (χ2v) is 7.39. The number of sulfonamides is 1. The number of carbonyl (C=O) groups is 1. The van der Waals surface area contributed by atoms with Gasteiger partial charge in [0.05, 0.1) is 24.6 Å². The molecule has 0 radical (unpaired) electrons. The largest absolute Gasteiger partial charge is 0.496 e. The van der Waals surface area contributed by atoms with Gasteiger partial charge in [-0.3, -0.25) is 9.10 Å². The Labute approximate surface area is 152 Å². The molecule has 0 heterocycles. The molecule has 1 N–H and O–H groups in total. The number of nitrogens with zero attached hydrogens (tertiary/aromatic N) is 2. The topological polar surface area (TPSA) is 99.5 Å². The number of para-hydroxylation sites is 2. The van der Waals surface area contributed by atoms with E-state index in [9.17, 15) is 18.5 Å². The Kier molecular flexibility index (Phi) is 6.20. The van der Waals surface area contributed by atoms with E-state index in [0.29, 0.717) is 5.75 Å². The third kappa shape index (κ3) is 4.74. The summed E-state index contributed by atoms with van der Waals surface area (Å²) in [5.41, 5.74) is 1.12. The molecular formula is C18H19N3O4S. The van der Waals surface area contributed by atoms with Gasteiger partial charge in [-0.2, -0.15) is 5.26 Å². The Morgan fingerprint density at radius 3 is 2.50 bits per heavy atom. The van der Waals surface area contributed by atoms with Gasteiger partial charge < -0.3 is 10.1 Å².